The molecule has 0 saturated carbocycles. The Morgan fingerprint density at radius 1 is 0.840 bits per heavy atom. The van der Waals surface area contributed by atoms with Crippen LogP contribution in [0.1, 0.15) is 45.6 Å². The second kappa shape index (κ2) is 9.97. The Morgan fingerprint density at radius 3 is 2.24 bits per heavy atom. The molecule has 2 rings (SSSR count). The Morgan fingerprint density at radius 2 is 1.56 bits per heavy atom. The number of anilines is 1. The zero-order chi connectivity index (χ0) is 18.1. The molecule has 0 amide bonds. The van der Waals surface area contributed by atoms with Crippen molar-refractivity contribution >= 4 is 5.69 Å². The molecule has 0 unspecified atom stereocenters. The number of ether oxygens (including phenoxy) is 2. The van der Waals surface area contributed by atoms with Crippen LogP contribution in [0.3, 0.4) is 0 Å². The molecule has 0 bridgehead atoms. The Bertz CT molecular complexity index is 620. The number of hydrogen-bond acceptors (Lipinski definition) is 3. The summed E-state index contributed by atoms with van der Waals surface area (Å²) in [5.74, 6) is 3.03. The standard InChI is InChI=1S/C22H31NO2/c1-17(2)12-14-24-22-7-5-6-20(16-22)23-13-15-25-21-10-8-19(9-11-21)18(3)4/h5-11,16-18,23H,12-15H2,1-4H3. The fraction of sp³-hybridized carbons (Fsp3) is 0.455. The Balaban J connectivity index is 1.72. The van der Waals surface area contributed by atoms with Crippen molar-refractivity contribution in [2.75, 3.05) is 25.1 Å². The molecule has 0 atom stereocenters. The van der Waals surface area contributed by atoms with Crippen LogP contribution in [0.4, 0.5) is 5.69 Å². The van der Waals surface area contributed by atoms with Gasteiger partial charge in [-0.1, -0.05) is 45.9 Å². The van der Waals surface area contributed by atoms with E-state index < -0.39 is 0 Å². The van der Waals surface area contributed by atoms with Gasteiger partial charge in [-0.15, -0.1) is 0 Å². The molecule has 0 aromatic heterocycles. The predicted octanol–water partition coefficient (Wildman–Crippen LogP) is 5.73. The SMILES string of the molecule is CC(C)CCOc1cccc(NCCOc2ccc(C(C)C)cc2)c1. The lowest BCUT2D eigenvalue weighted by Gasteiger charge is -2.12. The summed E-state index contributed by atoms with van der Waals surface area (Å²) >= 11 is 0. The minimum atomic E-state index is 0.547. The summed E-state index contributed by atoms with van der Waals surface area (Å²) in [4.78, 5) is 0. The molecule has 2 aromatic carbocycles. The minimum absolute atomic E-state index is 0.547. The van der Waals surface area contributed by atoms with Gasteiger partial charge in [0.15, 0.2) is 0 Å². The maximum absolute atomic E-state index is 5.79. The van der Waals surface area contributed by atoms with Crippen LogP contribution in [0.25, 0.3) is 0 Å². The van der Waals surface area contributed by atoms with Crippen LogP contribution in [-0.4, -0.2) is 19.8 Å². The van der Waals surface area contributed by atoms with Crippen molar-refractivity contribution in [1.29, 1.82) is 0 Å². The van der Waals surface area contributed by atoms with Gasteiger partial charge in [-0.3, -0.25) is 0 Å². The third-order valence-electron chi connectivity index (χ3n) is 4.04. The highest BCUT2D eigenvalue weighted by Gasteiger charge is 2.01. The van der Waals surface area contributed by atoms with Crippen molar-refractivity contribution in [2.24, 2.45) is 5.92 Å². The summed E-state index contributed by atoms with van der Waals surface area (Å²) in [6.07, 6.45) is 1.07. The van der Waals surface area contributed by atoms with Gasteiger partial charge in [0, 0.05) is 18.3 Å². The van der Waals surface area contributed by atoms with Crippen LogP contribution in [-0.2, 0) is 0 Å². The van der Waals surface area contributed by atoms with E-state index in [4.69, 9.17) is 9.47 Å². The average molecular weight is 341 g/mol. The van der Waals surface area contributed by atoms with Crippen LogP contribution < -0.4 is 14.8 Å². The van der Waals surface area contributed by atoms with E-state index in [1.807, 2.05) is 36.4 Å². The van der Waals surface area contributed by atoms with Crippen LogP contribution in [0.5, 0.6) is 11.5 Å². The van der Waals surface area contributed by atoms with E-state index in [0.717, 1.165) is 36.8 Å². The van der Waals surface area contributed by atoms with E-state index in [0.29, 0.717) is 18.4 Å². The monoisotopic (exact) mass is 341 g/mol. The number of rotatable bonds is 10. The lowest BCUT2D eigenvalue weighted by atomic mass is 10.0. The third kappa shape index (κ3) is 7.08. The van der Waals surface area contributed by atoms with Gasteiger partial charge in [0.1, 0.15) is 18.1 Å². The fourth-order valence-electron chi connectivity index (χ4n) is 2.42. The molecule has 0 radical (unpaired) electrons. The maximum Gasteiger partial charge on any atom is 0.121 e. The summed E-state index contributed by atoms with van der Waals surface area (Å²) in [6.45, 7) is 10.9. The largest absolute Gasteiger partial charge is 0.494 e. The van der Waals surface area contributed by atoms with Crippen molar-refractivity contribution in [3.8, 4) is 11.5 Å². The molecule has 0 fully saturated rings. The van der Waals surface area contributed by atoms with E-state index in [2.05, 4.69) is 45.1 Å². The van der Waals surface area contributed by atoms with Crippen molar-refractivity contribution in [1.82, 2.24) is 0 Å². The molecule has 0 aliphatic carbocycles. The van der Waals surface area contributed by atoms with Crippen molar-refractivity contribution in [3.05, 3.63) is 54.1 Å². The fourth-order valence-corrected chi connectivity index (χ4v) is 2.42. The van der Waals surface area contributed by atoms with Gasteiger partial charge < -0.3 is 14.8 Å². The predicted molar refractivity (Wildman–Crippen MR) is 106 cm³/mol. The second-order valence-corrected chi connectivity index (χ2v) is 7.06. The molecule has 0 aliphatic rings. The lowest BCUT2D eigenvalue weighted by Crippen LogP contribution is -2.11. The summed E-state index contributed by atoms with van der Waals surface area (Å²) < 4.78 is 11.6. The first kappa shape index (κ1) is 19.2. The zero-order valence-electron chi connectivity index (χ0n) is 15.9. The number of nitrogens with one attached hydrogen (secondary N) is 1. The smallest absolute Gasteiger partial charge is 0.121 e. The van der Waals surface area contributed by atoms with Gasteiger partial charge in [-0.2, -0.15) is 0 Å². The van der Waals surface area contributed by atoms with Gasteiger partial charge in [0.05, 0.1) is 6.61 Å². The van der Waals surface area contributed by atoms with Gasteiger partial charge in [-0.05, 0) is 48.1 Å². The lowest BCUT2D eigenvalue weighted by molar-refractivity contribution is 0.289. The molecule has 2 aromatic rings. The highest BCUT2D eigenvalue weighted by atomic mass is 16.5. The zero-order valence-corrected chi connectivity index (χ0v) is 15.9. The Labute approximate surface area is 152 Å². The maximum atomic E-state index is 5.79. The molecule has 3 nitrogen and oxygen atoms in total. The summed E-state index contributed by atoms with van der Waals surface area (Å²) in [7, 11) is 0. The van der Waals surface area contributed by atoms with E-state index in [1.165, 1.54) is 5.56 Å². The van der Waals surface area contributed by atoms with Gasteiger partial charge in [0.2, 0.25) is 0 Å². The van der Waals surface area contributed by atoms with Gasteiger partial charge >= 0.3 is 0 Å². The first-order chi connectivity index (χ1) is 12.0. The van der Waals surface area contributed by atoms with E-state index in [9.17, 15) is 0 Å². The summed E-state index contributed by atoms with van der Waals surface area (Å²) in [5.41, 5.74) is 2.39. The Kier molecular flexibility index (Phi) is 7.65. The molecular weight excluding hydrogens is 310 g/mol. The molecule has 1 N–H and O–H groups in total. The molecule has 25 heavy (non-hydrogen) atoms. The first-order valence-electron chi connectivity index (χ1n) is 9.24. The molecule has 3 heteroatoms. The molecular formula is C22H31NO2. The first-order valence-corrected chi connectivity index (χ1v) is 9.24. The topological polar surface area (TPSA) is 30.5 Å². The Hall–Kier alpha value is -2.16. The van der Waals surface area contributed by atoms with E-state index >= 15 is 0 Å². The summed E-state index contributed by atoms with van der Waals surface area (Å²) in [5, 5.41) is 3.38. The molecule has 0 saturated heterocycles. The molecule has 0 aliphatic heterocycles. The normalized spacial score (nSPS) is 11.0. The molecule has 0 spiro atoms. The van der Waals surface area contributed by atoms with Crippen LogP contribution in [0.15, 0.2) is 48.5 Å². The quantitative estimate of drug-likeness (QED) is 0.560. The highest BCUT2D eigenvalue weighted by Crippen LogP contribution is 2.19. The van der Waals surface area contributed by atoms with E-state index in [-0.39, 0.29) is 0 Å². The minimum Gasteiger partial charge on any atom is -0.494 e. The van der Waals surface area contributed by atoms with Crippen LogP contribution in [0, 0.1) is 5.92 Å². The van der Waals surface area contributed by atoms with E-state index in [1.54, 1.807) is 0 Å². The molecule has 136 valence electrons. The van der Waals surface area contributed by atoms with Crippen LogP contribution >= 0.6 is 0 Å². The van der Waals surface area contributed by atoms with Gasteiger partial charge in [0.25, 0.3) is 0 Å². The average Bonchev–Trinajstić information content (AvgIpc) is 2.59. The highest BCUT2D eigenvalue weighted by molar-refractivity contribution is 5.48. The number of hydrogen-bond donors (Lipinski definition) is 1. The third-order valence-corrected chi connectivity index (χ3v) is 4.04. The van der Waals surface area contributed by atoms with Crippen LogP contribution in [0.2, 0.25) is 0 Å². The summed E-state index contributed by atoms with van der Waals surface area (Å²) in [6, 6.07) is 16.4. The second-order valence-electron chi connectivity index (χ2n) is 7.06. The van der Waals surface area contributed by atoms with Crippen molar-refractivity contribution in [2.45, 2.75) is 40.0 Å². The van der Waals surface area contributed by atoms with Gasteiger partial charge in [-0.25, -0.2) is 0 Å². The molecule has 0 heterocycles. The van der Waals surface area contributed by atoms with Crippen molar-refractivity contribution in [3.63, 3.8) is 0 Å². The number of benzene rings is 2. The van der Waals surface area contributed by atoms with Crippen molar-refractivity contribution < 1.29 is 9.47 Å².